The molecule has 2 aromatic heterocycles. The van der Waals surface area contributed by atoms with E-state index in [1.54, 1.807) is 12.4 Å². The molecule has 0 unspecified atom stereocenters. The van der Waals surface area contributed by atoms with Gasteiger partial charge in [0.15, 0.2) is 5.75 Å². The molecule has 0 bridgehead atoms. The van der Waals surface area contributed by atoms with Crippen molar-refractivity contribution in [2.45, 2.75) is 25.3 Å². The Morgan fingerprint density at radius 3 is 2.85 bits per heavy atom. The van der Waals surface area contributed by atoms with Crippen LogP contribution in [0, 0.1) is 0 Å². The third-order valence-electron chi connectivity index (χ3n) is 4.63. The highest BCUT2D eigenvalue weighted by Gasteiger charge is 2.33. The summed E-state index contributed by atoms with van der Waals surface area (Å²) in [6.45, 7) is 3.75. The molecule has 0 radical (unpaired) electrons. The Kier molecular flexibility index (Phi) is 4.99. The van der Waals surface area contributed by atoms with Crippen molar-refractivity contribution < 1.29 is 9.84 Å². The standard InChI is InChI=1S/C19H23N5O2/c25-18-13-23(9-8-22-7-6-20-15-22)14-19(18)26-17-10-21-24(12-17)11-16-4-2-1-3-5-16/h1-7,10,12,15,18-19,25H,8-9,11,13-14H2/t18-,19-/m1/s1. The minimum Gasteiger partial charge on any atom is -0.483 e. The van der Waals surface area contributed by atoms with Gasteiger partial charge in [0, 0.05) is 38.6 Å². The molecule has 136 valence electrons. The van der Waals surface area contributed by atoms with Gasteiger partial charge in [-0.05, 0) is 5.56 Å². The summed E-state index contributed by atoms with van der Waals surface area (Å²) in [6.07, 6.45) is 8.40. The first kappa shape index (κ1) is 16.8. The van der Waals surface area contributed by atoms with Crippen LogP contribution in [0.3, 0.4) is 0 Å². The summed E-state index contributed by atoms with van der Waals surface area (Å²) in [7, 11) is 0. The van der Waals surface area contributed by atoms with Crippen molar-refractivity contribution in [3.63, 3.8) is 0 Å². The molecular weight excluding hydrogens is 330 g/mol. The van der Waals surface area contributed by atoms with Crippen LogP contribution in [0.5, 0.6) is 5.75 Å². The van der Waals surface area contributed by atoms with E-state index in [9.17, 15) is 5.11 Å². The molecule has 1 fully saturated rings. The lowest BCUT2D eigenvalue weighted by atomic mass is 10.2. The Labute approximate surface area is 152 Å². The van der Waals surface area contributed by atoms with Gasteiger partial charge in [-0.3, -0.25) is 9.58 Å². The van der Waals surface area contributed by atoms with Gasteiger partial charge in [-0.1, -0.05) is 30.3 Å². The SMILES string of the molecule is O[C@@H]1CN(CCn2ccnc2)C[C@H]1Oc1cnn(Cc2ccccc2)c1. The van der Waals surface area contributed by atoms with Gasteiger partial charge in [-0.15, -0.1) is 0 Å². The number of hydrogen-bond acceptors (Lipinski definition) is 5. The normalized spacial score (nSPS) is 20.5. The molecule has 7 heteroatoms. The molecule has 3 aromatic rings. The Morgan fingerprint density at radius 1 is 1.15 bits per heavy atom. The largest absolute Gasteiger partial charge is 0.483 e. The Hall–Kier alpha value is -2.64. The predicted octanol–water partition coefficient (Wildman–Crippen LogP) is 1.25. The van der Waals surface area contributed by atoms with E-state index in [0.29, 0.717) is 25.4 Å². The average Bonchev–Trinajstić information content (AvgIpc) is 3.38. The van der Waals surface area contributed by atoms with Gasteiger partial charge >= 0.3 is 0 Å². The van der Waals surface area contributed by atoms with Crippen LogP contribution in [-0.4, -0.2) is 61.2 Å². The van der Waals surface area contributed by atoms with E-state index in [2.05, 4.69) is 27.1 Å². The first-order valence-corrected chi connectivity index (χ1v) is 8.85. The number of aliphatic hydroxyl groups excluding tert-OH is 1. The molecular formula is C19H23N5O2. The molecule has 3 heterocycles. The summed E-state index contributed by atoms with van der Waals surface area (Å²) in [5.41, 5.74) is 1.19. The van der Waals surface area contributed by atoms with Gasteiger partial charge in [0.2, 0.25) is 0 Å². The summed E-state index contributed by atoms with van der Waals surface area (Å²) in [6, 6.07) is 10.2. The number of nitrogens with zero attached hydrogens (tertiary/aromatic N) is 5. The molecule has 0 saturated carbocycles. The average molecular weight is 353 g/mol. The quantitative estimate of drug-likeness (QED) is 0.692. The van der Waals surface area contributed by atoms with E-state index in [4.69, 9.17) is 4.74 Å². The van der Waals surface area contributed by atoms with Gasteiger partial charge in [0.05, 0.1) is 25.3 Å². The molecule has 2 atom stereocenters. The minimum atomic E-state index is -0.490. The molecule has 4 rings (SSSR count). The van der Waals surface area contributed by atoms with E-state index in [1.165, 1.54) is 5.56 Å². The van der Waals surface area contributed by atoms with Gasteiger partial charge < -0.3 is 14.4 Å². The third-order valence-corrected chi connectivity index (χ3v) is 4.63. The maximum absolute atomic E-state index is 10.3. The van der Waals surface area contributed by atoms with Crippen molar-refractivity contribution in [3.8, 4) is 5.75 Å². The molecule has 0 aliphatic carbocycles. The van der Waals surface area contributed by atoms with Crippen LogP contribution in [0.2, 0.25) is 0 Å². The van der Waals surface area contributed by atoms with E-state index in [0.717, 1.165) is 13.1 Å². The molecule has 1 N–H and O–H groups in total. The summed E-state index contributed by atoms with van der Waals surface area (Å²) in [5.74, 6) is 0.696. The van der Waals surface area contributed by atoms with E-state index in [-0.39, 0.29) is 6.10 Å². The van der Waals surface area contributed by atoms with Crippen molar-refractivity contribution in [3.05, 3.63) is 67.0 Å². The molecule has 1 saturated heterocycles. The zero-order chi connectivity index (χ0) is 17.8. The zero-order valence-electron chi connectivity index (χ0n) is 14.6. The Balaban J connectivity index is 1.30. The summed E-state index contributed by atoms with van der Waals surface area (Å²) >= 11 is 0. The number of aromatic nitrogens is 4. The van der Waals surface area contributed by atoms with Crippen molar-refractivity contribution >= 4 is 0 Å². The fraction of sp³-hybridized carbons (Fsp3) is 0.368. The van der Waals surface area contributed by atoms with Crippen molar-refractivity contribution in [2.24, 2.45) is 0 Å². The number of imidazole rings is 1. The fourth-order valence-electron chi connectivity index (χ4n) is 3.24. The maximum Gasteiger partial charge on any atom is 0.157 e. The highest BCUT2D eigenvalue weighted by Crippen LogP contribution is 2.19. The van der Waals surface area contributed by atoms with E-state index < -0.39 is 6.10 Å². The second kappa shape index (κ2) is 7.72. The van der Waals surface area contributed by atoms with Crippen LogP contribution in [0.15, 0.2) is 61.4 Å². The van der Waals surface area contributed by atoms with Crippen molar-refractivity contribution in [2.75, 3.05) is 19.6 Å². The second-order valence-electron chi connectivity index (χ2n) is 6.64. The lowest BCUT2D eigenvalue weighted by molar-refractivity contribution is 0.0736. The number of β-amino-alcohol motifs (C(OH)–C–C–N with tert-alkyl or cyclic N) is 1. The maximum atomic E-state index is 10.3. The molecule has 1 aromatic carbocycles. The first-order valence-electron chi connectivity index (χ1n) is 8.85. The molecule has 1 aliphatic rings. The lowest BCUT2D eigenvalue weighted by Crippen LogP contribution is -2.30. The summed E-state index contributed by atoms with van der Waals surface area (Å²) in [4.78, 5) is 6.26. The van der Waals surface area contributed by atoms with Gasteiger partial charge in [-0.2, -0.15) is 5.10 Å². The predicted molar refractivity (Wildman–Crippen MR) is 96.9 cm³/mol. The number of aliphatic hydroxyl groups is 1. The molecule has 1 aliphatic heterocycles. The fourth-order valence-corrected chi connectivity index (χ4v) is 3.24. The molecule has 0 spiro atoms. The third kappa shape index (κ3) is 4.12. The monoisotopic (exact) mass is 353 g/mol. The zero-order valence-corrected chi connectivity index (χ0v) is 14.6. The molecule has 26 heavy (non-hydrogen) atoms. The smallest absolute Gasteiger partial charge is 0.157 e. The van der Waals surface area contributed by atoms with Crippen LogP contribution in [0.25, 0.3) is 0 Å². The Bertz CT molecular complexity index is 802. The van der Waals surface area contributed by atoms with Gasteiger partial charge in [-0.25, -0.2) is 4.98 Å². The van der Waals surface area contributed by atoms with E-state index in [1.807, 2.05) is 46.2 Å². The van der Waals surface area contributed by atoms with Crippen molar-refractivity contribution in [1.82, 2.24) is 24.2 Å². The number of rotatable bonds is 7. The van der Waals surface area contributed by atoms with Gasteiger partial charge in [0.1, 0.15) is 12.2 Å². The van der Waals surface area contributed by atoms with Crippen LogP contribution in [0.4, 0.5) is 0 Å². The van der Waals surface area contributed by atoms with E-state index >= 15 is 0 Å². The Morgan fingerprint density at radius 2 is 2.04 bits per heavy atom. The number of benzene rings is 1. The lowest BCUT2D eigenvalue weighted by Gasteiger charge is -2.16. The van der Waals surface area contributed by atoms with Crippen LogP contribution in [-0.2, 0) is 13.1 Å². The number of hydrogen-bond donors (Lipinski definition) is 1. The second-order valence-corrected chi connectivity index (χ2v) is 6.64. The van der Waals surface area contributed by atoms with Crippen molar-refractivity contribution in [1.29, 1.82) is 0 Å². The van der Waals surface area contributed by atoms with Crippen LogP contribution >= 0.6 is 0 Å². The number of ether oxygens (including phenoxy) is 1. The number of likely N-dealkylation sites (tertiary alicyclic amines) is 1. The summed E-state index contributed by atoms with van der Waals surface area (Å²) in [5, 5.41) is 14.7. The van der Waals surface area contributed by atoms with Crippen LogP contribution < -0.4 is 4.74 Å². The molecule has 0 amide bonds. The topological polar surface area (TPSA) is 68.3 Å². The summed E-state index contributed by atoms with van der Waals surface area (Å²) < 4.78 is 9.86. The first-order chi connectivity index (χ1) is 12.8. The highest BCUT2D eigenvalue weighted by molar-refractivity contribution is 5.17. The highest BCUT2D eigenvalue weighted by atomic mass is 16.5. The van der Waals surface area contributed by atoms with Gasteiger partial charge in [0.25, 0.3) is 0 Å². The molecule has 7 nitrogen and oxygen atoms in total. The minimum absolute atomic E-state index is 0.229. The van der Waals surface area contributed by atoms with Crippen LogP contribution in [0.1, 0.15) is 5.56 Å².